The Morgan fingerprint density at radius 2 is 1.92 bits per heavy atom. The SMILES string of the molecule is O=C(NCC=Cc1ccc(-n2cncn2)cc1)OCc1ccccc1. The van der Waals surface area contributed by atoms with E-state index in [9.17, 15) is 4.79 Å². The monoisotopic (exact) mass is 334 g/mol. The molecule has 0 saturated heterocycles. The summed E-state index contributed by atoms with van der Waals surface area (Å²) in [5.74, 6) is 0. The Kier molecular flexibility index (Phi) is 5.56. The van der Waals surface area contributed by atoms with Gasteiger partial charge in [-0.3, -0.25) is 0 Å². The third-order valence-corrected chi connectivity index (χ3v) is 3.46. The van der Waals surface area contributed by atoms with Crippen molar-refractivity contribution in [3.05, 3.63) is 84.5 Å². The summed E-state index contributed by atoms with van der Waals surface area (Å²) in [6, 6.07) is 17.4. The number of hydrogen-bond acceptors (Lipinski definition) is 4. The van der Waals surface area contributed by atoms with Crippen molar-refractivity contribution in [3.8, 4) is 5.69 Å². The van der Waals surface area contributed by atoms with Crippen LogP contribution in [0.15, 0.2) is 73.3 Å². The van der Waals surface area contributed by atoms with Crippen molar-refractivity contribution < 1.29 is 9.53 Å². The maximum Gasteiger partial charge on any atom is 0.407 e. The van der Waals surface area contributed by atoms with Crippen LogP contribution in [0.1, 0.15) is 11.1 Å². The number of carbonyl (C=O) groups excluding carboxylic acids is 1. The number of carbonyl (C=O) groups is 1. The van der Waals surface area contributed by atoms with E-state index in [-0.39, 0.29) is 6.61 Å². The zero-order chi connectivity index (χ0) is 17.3. The molecule has 0 fully saturated rings. The molecule has 0 unspecified atom stereocenters. The minimum atomic E-state index is -0.435. The number of benzene rings is 2. The van der Waals surface area contributed by atoms with E-state index in [2.05, 4.69) is 15.4 Å². The number of alkyl carbamates (subject to hydrolysis) is 1. The highest BCUT2D eigenvalue weighted by Gasteiger charge is 2.00. The van der Waals surface area contributed by atoms with E-state index < -0.39 is 6.09 Å². The molecule has 0 saturated carbocycles. The van der Waals surface area contributed by atoms with Crippen LogP contribution in [0, 0.1) is 0 Å². The fourth-order valence-electron chi connectivity index (χ4n) is 2.19. The Bertz CT molecular complexity index is 812. The molecule has 0 radical (unpaired) electrons. The zero-order valence-electron chi connectivity index (χ0n) is 13.6. The van der Waals surface area contributed by atoms with E-state index in [1.807, 2.05) is 66.7 Å². The molecule has 126 valence electrons. The van der Waals surface area contributed by atoms with Crippen molar-refractivity contribution in [1.29, 1.82) is 0 Å². The number of ether oxygens (including phenoxy) is 1. The molecule has 3 aromatic rings. The molecular weight excluding hydrogens is 316 g/mol. The summed E-state index contributed by atoms with van der Waals surface area (Å²) in [5.41, 5.74) is 2.93. The van der Waals surface area contributed by atoms with E-state index in [1.165, 1.54) is 6.33 Å². The summed E-state index contributed by atoms with van der Waals surface area (Å²) < 4.78 is 6.83. The number of amides is 1. The molecule has 3 rings (SSSR count). The van der Waals surface area contributed by atoms with Crippen molar-refractivity contribution >= 4 is 12.2 Å². The van der Waals surface area contributed by atoms with Gasteiger partial charge in [-0.2, -0.15) is 5.10 Å². The van der Waals surface area contributed by atoms with Crippen molar-refractivity contribution in [2.45, 2.75) is 6.61 Å². The summed E-state index contributed by atoms with van der Waals surface area (Å²) in [6.45, 7) is 0.665. The lowest BCUT2D eigenvalue weighted by atomic mass is 10.2. The smallest absolute Gasteiger partial charge is 0.407 e. The van der Waals surface area contributed by atoms with Crippen molar-refractivity contribution in [3.63, 3.8) is 0 Å². The highest BCUT2D eigenvalue weighted by Crippen LogP contribution is 2.09. The van der Waals surface area contributed by atoms with Gasteiger partial charge in [0.25, 0.3) is 0 Å². The quantitative estimate of drug-likeness (QED) is 0.751. The van der Waals surface area contributed by atoms with Crippen LogP contribution >= 0.6 is 0 Å². The van der Waals surface area contributed by atoms with E-state index in [4.69, 9.17) is 4.74 Å². The first-order chi connectivity index (χ1) is 12.3. The summed E-state index contributed by atoms with van der Waals surface area (Å²) in [7, 11) is 0. The molecule has 0 aliphatic rings. The van der Waals surface area contributed by atoms with Crippen LogP contribution in [0.5, 0.6) is 0 Å². The van der Waals surface area contributed by atoms with Gasteiger partial charge in [0.1, 0.15) is 19.3 Å². The maximum atomic E-state index is 11.6. The molecule has 1 heterocycles. The molecule has 0 spiro atoms. The molecule has 0 aliphatic carbocycles. The zero-order valence-corrected chi connectivity index (χ0v) is 13.6. The van der Waals surface area contributed by atoms with Crippen LogP contribution < -0.4 is 5.32 Å². The molecule has 2 aromatic carbocycles. The lowest BCUT2D eigenvalue weighted by Crippen LogP contribution is -2.24. The van der Waals surface area contributed by atoms with Crippen LogP contribution in [0.25, 0.3) is 11.8 Å². The molecular formula is C19H18N4O2. The molecule has 1 N–H and O–H groups in total. The Balaban J connectivity index is 1.41. The first-order valence-corrected chi connectivity index (χ1v) is 7.87. The number of rotatable bonds is 6. The van der Waals surface area contributed by atoms with E-state index in [1.54, 1.807) is 11.0 Å². The van der Waals surface area contributed by atoms with Gasteiger partial charge in [0, 0.05) is 6.54 Å². The van der Waals surface area contributed by atoms with Crippen molar-refractivity contribution in [1.82, 2.24) is 20.1 Å². The lowest BCUT2D eigenvalue weighted by Gasteiger charge is -2.05. The van der Waals surface area contributed by atoms with Gasteiger partial charge in [-0.15, -0.1) is 0 Å². The standard InChI is InChI=1S/C19H18N4O2/c24-19(25-13-17-5-2-1-3-6-17)21-12-4-7-16-8-10-18(11-9-16)23-15-20-14-22-23/h1-11,14-15H,12-13H2,(H,21,24). The van der Waals surface area contributed by atoms with Crippen LogP contribution in [0.4, 0.5) is 4.79 Å². The van der Waals surface area contributed by atoms with E-state index in [0.29, 0.717) is 6.54 Å². The van der Waals surface area contributed by atoms with E-state index >= 15 is 0 Å². The molecule has 1 aromatic heterocycles. The molecule has 6 heteroatoms. The first-order valence-electron chi connectivity index (χ1n) is 7.87. The van der Waals surface area contributed by atoms with Crippen LogP contribution in [-0.2, 0) is 11.3 Å². The fourth-order valence-corrected chi connectivity index (χ4v) is 2.19. The third-order valence-electron chi connectivity index (χ3n) is 3.46. The topological polar surface area (TPSA) is 69.0 Å². The van der Waals surface area contributed by atoms with Gasteiger partial charge < -0.3 is 10.1 Å². The predicted octanol–water partition coefficient (Wildman–Crippen LogP) is 3.21. The maximum absolute atomic E-state index is 11.6. The van der Waals surface area contributed by atoms with Crippen molar-refractivity contribution in [2.24, 2.45) is 0 Å². The lowest BCUT2D eigenvalue weighted by molar-refractivity contribution is 0.141. The molecule has 25 heavy (non-hydrogen) atoms. The third kappa shape index (κ3) is 5.04. The second-order valence-corrected chi connectivity index (χ2v) is 5.28. The predicted molar refractivity (Wildman–Crippen MR) is 95.0 cm³/mol. The first kappa shape index (κ1) is 16.4. The Morgan fingerprint density at radius 1 is 1.12 bits per heavy atom. The van der Waals surface area contributed by atoms with Crippen LogP contribution in [0.2, 0.25) is 0 Å². The Hall–Kier alpha value is -3.41. The van der Waals surface area contributed by atoms with Gasteiger partial charge in [-0.25, -0.2) is 14.5 Å². The van der Waals surface area contributed by atoms with E-state index in [0.717, 1.165) is 16.8 Å². The fraction of sp³-hybridized carbons (Fsp3) is 0.105. The van der Waals surface area contributed by atoms with Gasteiger partial charge in [-0.1, -0.05) is 54.6 Å². The van der Waals surface area contributed by atoms with Gasteiger partial charge in [0.05, 0.1) is 5.69 Å². The second-order valence-electron chi connectivity index (χ2n) is 5.28. The highest BCUT2D eigenvalue weighted by atomic mass is 16.5. The Morgan fingerprint density at radius 3 is 2.64 bits per heavy atom. The minimum absolute atomic E-state index is 0.264. The number of nitrogens with zero attached hydrogens (tertiary/aromatic N) is 3. The molecule has 0 bridgehead atoms. The number of hydrogen-bond donors (Lipinski definition) is 1. The summed E-state index contributed by atoms with van der Waals surface area (Å²) >= 11 is 0. The summed E-state index contributed by atoms with van der Waals surface area (Å²) in [6.07, 6.45) is 6.51. The van der Waals surface area contributed by atoms with Crippen LogP contribution in [0.3, 0.4) is 0 Å². The molecule has 0 atom stereocenters. The number of aromatic nitrogens is 3. The molecule has 6 nitrogen and oxygen atoms in total. The molecule has 0 aliphatic heterocycles. The Labute approximate surface area is 145 Å². The van der Waals surface area contributed by atoms with Gasteiger partial charge in [-0.05, 0) is 23.3 Å². The second kappa shape index (κ2) is 8.44. The largest absolute Gasteiger partial charge is 0.445 e. The minimum Gasteiger partial charge on any atom is -0.445 e. The summed E-state index contributed by atoms with van der Waals surface area (Å²) in [5, 5.41) is 6.76. The summed E-state index contributed by atoms with van der Waals surface area (Å²) in [4.78, 5) is 15.5. The average molecular weight is 334 g/mol. The van der Waals surface area contributed by atoms with Crippen LogP contribution in [-0.4, -0.2) is 27.4 Å². The normalized spacial score (nSPS) is 10.7. The van der Waals surface area contributed by atoms with Gasteiger partial charge in [0.2, 0.25) is 0 Å². The highest BCUT2D eigenvalue weighted by molar-refractivity contribution is 5.67. The average Bonchev–Trinajstić information content (AvgIpc) is 3.20. The molecule has 1 amide bonds. The van der Waals surface area contributed by atoms with Gasteiger partial charge >= 0.3 is 6.09 Å². The number of nitrogens with one attached hydrogen (secondary N) is 1. The van der Waals surface area contributed by atoms with Gasteiger partial charge in [0.15, 0.2) is 0 Å². The van der Waals surface area contributed by atoms with Crippen molar-refractivity contribution in [2.75, 3.05) is 6.54 Å².